The van der Waals surface area contributed by atoms with Gasteiger partial charge in [0.1, 0.15) is 17.9 Å². The molecule has 2 aliphatic rings. The van der Waals surface area contributed by atoms with Crippen LogP contribution in [0.25, 0.3) is 0 Å². The van der Waals surface area contributed by atoms with Crippen molar-refractivity contribution in [3.8, 4) is 0 Å². The first-order chi connectivity index (χ1) is 9.93. The second-order valence-corrected chi connectivity index (χ2v) is 6.16. The molecule has 0 bridgehead atoms. The molecule has 2 amide bonds. The van der Waals surface area contributed by atoms with Gasteiger partial charge in [-0.15, -0.1) is 0 Å². The van der Waals surface area contributed by atoms with Gasteiger partial charge in [0, 0.05) is 5.56 Å². The standard InChI is InChI=1S/C16H19FN2O2/c1-10(12-5-3-4-6-13(12)17)19-9-14(20)18-16(2,15(19)21)11-7-8-11/h3-6,10-11H,7-9H2,1-2H3,(H,18,20). The molecule has 2 atom stereocenters. The van der Waals surface area contributed by atoms with Crippen molar-refractivity contribution in [1.29, 1.82) is 0 Å². The van der Waals surface area contributed by atoms with Gasteiger partial charge in [-0.3, -0.25) is 9.59 Å². The van der Waals surface area contributed by atoms with E-state index < -0.39 is 11.6 Å². The molecule has 5 heteroatoms. The molecular formula is C16H19FN2O2. The lowest BCUT2D eigenvalue weighted by Crippen LogP contribution is -2.66. The lowest BCUT2D eigenvalue weighted by molar-refractivity contribution is -0.152. The van der Waals surface area contributed by atoms with Crippen LogP contribution in [0.2, 0.25) is 0 Å². The number of piperazine rings is 1. The van der Waals surface area contributed by atoms with Gasteiger partial charge in [-0.1, -0.05) is 18.2 Å². The average Bonchev–Trinajstić information content (AvgIpc) is 3.27. The predicted octanol–water partition coefficient (Wildman–Crippen LogP) is 2.01. The number of carbonyl (C=O) groups excluding carboxylic acids is 2. The minimum absolute atomic E-state index is 0.0172. The van der Waals surface area contributed by atoms with Crippen LogP contribution in [-0.4, -0.2) is 28.8 Å². The van der Waals surface area contributed by atoms with Crippen LogP contribution in [0.4, 0.5) is 4.39 Å². The molecule has 2 unspecified atom stereocenters. The van der Waals surface area contributed by atoms with Crippen molar-refractivity contribution in [2.45, 2.75) is 38.3 Å². The third-order valence-corrected chi connectivity index (χ3v) is 4.63. The van der Waals surface area contributed by atoms with Gasteiger partial charge >= 0.3 is 0 Å². The van der Waals surface area contributed by atoms with Crippen molar-refractivity contribution in [2.75, 3.05) is 6.54 Å². The summed E-state index contributed by atoms with van der Waals surface area (Å²) < 4.78 is 13.9. The van der Waals surface area contributed by atoms with Gasteiger partial charge in [-0.05, 0) is 38.7 Å². The number of hydrogen-bond donors (Lipinski definition) is 1. The molecule has 1 heterocycles. The van der Waals surface area contributed by atoms with Crippen LogP contribution in [0, 0.1) is 11.7 Å². The number of hydrogen-bond acceptors (Lipinski definition) is 2. The van der Waals surface area contributed by atoms with Crippen molar-refractivity contribution in [1.82, 2.24) is 10.2 Å². The van der Waals surface area contributed by atoms with E-state index in [1.165, 1.54) is 11.0 Å². The summed E-state index contributed by atoms with van der Waals surface area (Å²) in [7, 11) is 0. The van der Waals surface area contributed by atoms with Crippen molar-refractivity contribution in [3.63, 3.8) is 0 Å². The Morgan fingerprint density at radius 2 is 2.00 bits per heavy atom. The molecule has 112 valence electrons. The molecule has 1 saturated carbocycles. The summed E-state index contributed by atoms with van der Waals surface area (Å²) in [6, 6.07) is 5.94. The Labute approximate surface area is 123 Å². The average molecular weight is 290 g/mol. The maximum absolute atomic E-state index is 13.9. The monoisotopic (exact) mass is 290 g/mol. The molecular weight excluding hydrogens is 271 g/mol. The van der Waals surface area contributed by atoms with Crippen LogP contribution in [0.3, 0.4) is 0 Å². The Morgan fingerprint density at radius 3 is 2.62 bits per heavy atom. The summed E-state index contributed by atoms with van der Waals surface area (Å²) >= 11 is 0. The smallest absolute Gasteiger partial charge is 0.249 e. The predicted molar refractivity (Wildman–Crippen MR) is 75.8 cm³/mol. The van der Waals surface area contributed by atoms with Gasteiger partial charge in [0.15, 0.2) is 0 Å². The molecule has 1 aliphatic heterocycles. The van der Waals surface area contributed by atoms with Gasteiger partial charge in [0.25, 0.3) is 0 Å². The number of nitrogens with zero attached hydrogens (tertiary/aromatic N) is 1. The van der Waals surface area contributed by atoms with Crippen molar-refractivity contribution >= 4 is 11.8 Å². The molecule has 1 aromatic carbocycles. The quantitative estimate of drug-likeness (QED) is 0.926. The molecule has 4 nitrogen and oxygen atoms in total. The van der Waals surface area contributed by atoms with Gasteiger partial charge in [0.05, 0.1) is 6.04 Å². The molecule has 21 heavy (non-hydrogen) atoms. The maximum Gasteiger partial charge on any atom is 0.249 e. The van der Waals surface area contributed by atoms with Gasteiger partial charge in [-0.2, -0.15) is 0 Å². The largest absolute Gasteiger partial charge is 0.340 e. The SMILES string of the molecule is CC(c1ccccc1F)N1CC(=O)NC(C)(C2CC2)C1=O. The molecule has 0 spiro atoms. The van der Waals surface area contributed by atoms with E-state index in [0.29, 0.717) is 5.56 Å². The zero-order valence-corrected chi connectivity index (χ0v) is 12.2. The highest BCUT2D eigenvalue weighted by atomic mass is 19.1. The Kier molecular flexibility index (Phi) is 3.23. The highest BCUT2D eigenvalue weighted by molar-refractivity contribution is 5.98. The van der Waals surface area contributed by atoms with Gasteiger partial charge in [0.2, 0.25) is 11.8 Å². The minimum Gasteiger partial charge on any atom is -0.340 e. The molecule has 0 radical (unpaired) electrons. The highest BCUT2D eigenvalue weighted by Gasteiger charge is 2.53. The molecule has 0 aromatic heterocycles. The van der Waals surface area contributed by atoms with E-state index in [2.05, 4.69) is 5.32 Å². The number of amides is 2. The summed E-state index contributed by atoms with van der Waals surface area (Å²) in [6.45, 7) is 3.53. The van der Waals surface area contributed by atoms with E-state index in [1.54, 1.807) is 32.0 Å². The fourth-order valence-electron chi connectivity index (χ4n) is 3.14. The summed E-state index contributed by atoms with van der Waals surface area (Å²) in [4.78, 5) is 26.3. The second-order valence-electron chi connectivity index (χ2n) is 6.16. The van der Waals surface area contributed by atoms with Crippen molar-refractivity contribution < 1.29 is 14.0 Å². The lowest BCUT2D eigenvalue weighted by atomic mass is 9.90. The normalized spacial score (nSPS) is 27.5. The Morgan fingerprint density at radius 1 is 1.33 bits per heavy atom. The second kappa shape index (κ2) is 4.83. The van der Waals surface area contributed by atoms with E-state index >= 15 is 0 Å². The highest BCUT2D eigenvalue weighted by Crippen LogP contribution is 2.42. The molecule has 3 rings (SSSR count). The number of halogens is 1. The first-order valence-corrected chi connectivity index (χ1v) is 7.30. The first kappa shape index (κ1) is 14.0. The van der Waals surface area contributed by atoms with Gasteiger partial charge < -0.3 is 10.2 Å². The van der Waals surface area contributed by atoms with E-state index in [0.717, 1.165) is 12.8 Å². The third kappa shape index (κ3) is 2.30. The van der Waals surface area contributed by atoms with Crippen LogP contribution in [-0.2, 0) is 9.59 Å². The Bertz CT molecular complexity index is 600. The summed E-state index contributed by atoms with van der Waals surface area (Å²) in [6.07, 6.45) is 1.90. The number of benzene rings is 1. The van der Waals surface area contributed by atoms with Crippen molar-refractivity contribution in [3.05, 3.63) is 35.6 Å². The van der Waals surface area contributed by atoms with Crippen LogP contribution in [0.1, 0.15) is 38.3 Å². The fraction of sp³-hybridized carbons (Fsp3) is 0.500. The van der Waals surface area contributed by atoms with E-state index in [9.17, 15) is 14.0 Å². The molecule has 1 saturated heterocycles. The van der Waals surface area contributed by atoms with Gasteiger partial charge in [-0.25, -0.2) is 4.39 Å². The van der Waals surface area contributed by atoms with E-state index in [4.69, 9.17) is 0 Å². The summed E-state index contributed by atoms with van der Waals surface area (Å²) in [5, 5.41) is 2.83. The number of carbonyl (C=O) groups is 2. The number of nitrogens with one attached hydrogen (secondary N) is 1. The minimum atomic E-state index is -0.838. The fourth-order valence-corrected chi connectivity index (χ4v) is 3.14. The zero-order valence-electron chi connectivity index (χ0n) is 12.2. The van der Waals surface area contributed by atoms with Crippen LogP contribution in [0.15, 0.2) is 24.3 Å². The molecule has 1 aliphatic carbocycles. The van der Waals surface area contributed by atoms with Crippen LogP contribution < -0.4 is 5.32 Å². The van der Waals surface area contributed by atoms with E-state index in [1.807, 2.05) is 0 Å². The van der Waals surface area contributed by atoms with Crippen LogP contribution >= 0.6 is 0 Å². The van der Waals surface area contributed by atoms with Crippen molar-refractivity contribution in [2.24, 2.45) is 5.92 Å². The zero-order chi connectivity index (χ0) is 15.2. The molecule has 1 aromatic rings. The first-order valence-electron chi connectivity index (χ1n) is 7.30. The summed E-state index contributed by atoms with van der Waals surface area (Å²) in [5.74, 6) is -0.436. The van der Waals surface area contributed by atoms with Crippen LogP contribution in [0.5, 0.6) is 0 Å². The summed E-state index contributed by atoms with van der Waals surface area (Å²) in [5.41, 5.74) is -0.395. The topological polar surface area (TPSA) is 49.4 Å². The maximum atomic E-state index is 13.9. The van der Waals surface area contributed by atoms with E-state index in [-0.39, 0.29) is 30.1 Å². The third-order valence-electron chi connectivity index (χ3n) is 4.63. The molecule has 1 N–H and O–H groups in total. The Hall–Kier alpha value is -1.91. The Balaban J connectivity index is 1.92. The lowest BCUT2D eigenvalue weighted by Gasteiger charge is -2.42. The molecule has 2 fully saturated rings. The number of rotatable bonds is 3.